The molecule has 8 heteroatoms. The van der Waals surface area contributed by atoms with Crippen LogP contribution in [0, 0.1) is 17.7 Å². The molecule has 2 amide bonds. The van der Waals surface area contributed by atoms with E-state index in [1.807, 2.05) is 18.3 Å². The van der Waals surface area contributed by atoms with Gasteiger partial charge in [-0.2, -0.15) is 0 Å². The molecular weight excluding hydrogens is 400 g/mol. The van der Waals surface area contributed by atoms with E-state index < -0.39 is 6.17 Å². The van der Waals surface area contributed by atoms with Crippen molar-refractivity contribution in [1.29, 1.82) is 0 Å². The topological polar surface area (TPSA) is 51.2 Å². The quantitative estimate of drug-likeness (QED) is 0.795. The lowest BCUT2D eigenvalue weighted by atomic mass is 9.93. The Morgan fingerprint density at radius 3 is 2.61 bits per heavy atom. The zero-order chi connectivity index (χ0) is 21.5. The molecule has 1 aromatic rings. The Hall–Kier alpha value is -2.48. The molecule has 1 saturated carbocycles. The van der Waals surface area contributed by atoms with Crippen molar-refractivity contribution in [2.45, 2.75) is 51.4 Å². The summed E-state index contributed by atoms with van der Waals surface area (Å²) in [6, 6.07) is 6.75. The molecule has 31 heavy (non-hydrogen) atoms. The van der Waals surface area contributed by atoms with Gasteiger partial charge >= 0.3 is 6.03 Å². The van der Waals surface area contributed by atoms with Crippen LogP contribution in [-0.2, 0) is 6.54 Å². The number of alkyl halides is 1. The minimum Gasteiger partial charge on any atom is -0.353 e. The summed E-state index contributed by atoms with van der Waals surface area (Å²) in [5.41, 5.74) is 1.08. The first-order valence-electron chi connectivity index (χ1n) is 11.2. The Balaban J connectivity index is 1.27. The number of nitrogens with one attached hydrogen (secondary N) is 1. The summed E-state index contributed by atoms with van der Waals surface area (Å²) in [6.07, 6.45) is 4.09. The second-order valence-corrected chi connectivity index (χ2v) is 9.31. The smallest absolute Gasteiger partial charge is 0.329 e. The van der Waals surface area contributed by atoms with Crippen molar-refractivity contribution in [2.75, 3.05) is 19.8 Å². The molecule has 2 fully saturated rings. The predicted molar refractivity (Wildman–Crippen MR) is 114 cm³/mol. The van der Waals surface area contributed by atoms with Gasteiger partial charge in [-0.15, -0.1) is 0 Å². The fraction of sp³-hybridized carbons (Fsp3) is 0.565. The Morgan fingerprint density at radius 2 is 1.87 bits per heavy atom. The zero-order valence-corrected chi connectivity index (χ0v) is 17.8. The van der Waals surface area contributed by atoms with Crippen LogP contribution in [0.25, 0.3) is 0 Å². The standard InChI is InChI=1S/C23H29F2N5O/c1-15-10-28(11-16-2-4-17(24)5-3-16)12-20(15)22-26-21-13-29(14-30(21)23(31)27-22)19-8-6-18(25)7-9-19/h2-5,13,15,18-20H,6-12,14H2,1H3,(H,26,27,31). The van der Waals surface area contributed by atoms with E-state index in [2.05, 4.69) is 22.0 Å². The highest BCUT2D eigenvalue weighted by Crippen LogP contribution is 2.32. The largest absolute Gasteiger partial charge is 0.353 e. The van der Waals surface area contributed by atoms with E-state index >= 15 is 0 Å². The van der Waals surface area contributed by atoms with E-state index in [0.29, 0.717) is 31.2 Å². The lowest BCUT2D eigenvalue weighted by molar-refractivity contribution is 0.138. The third-order valence-corrected chi connectivity index (χ3v) is 7.03. The molecular formula is C23H29F2N5O. The Bertz CT molecular complexity index is 894. The molecule has 2 atom stereocenters. The van der Waals surface area contributed by atoms with Crippen LogP contribution in [0.1, 0.15) is 38.2 Å². The average molecular weight is 430 g/mol. The summed E-state index contributed by atoms with van der Waals surface area (Å²) >= 11 is 0. The van der Waals surface area contributed by atoms with Crippen molar-refractivity contribution in [1.82, 2.24) is 20.0 Å². The molecule has 4 aliphatic rings. The van der Waals surface area contributed by atoms with E-state index in [1.165, 1.54) is 12.1 Å². The number of benzene rings is 1. The van der Waals surface area contributed by atoms with Gasteiger partial charge in [0.2, 0.25) is 0 Å². The second-order valence-electron chi connectivity index (χ2n) is 9.31. The normalized spacial score (nSPS) is 31.4. The third-order valence-electron chi connectivity index (χ3n) is 7.03. The van der Waals surface area contributed by atoms with Gasteiger partial charge in [0.25, 0.3) is 0 Å². The maximum absolute atomic E-state index is 13.5. The highest BCUT2D eigenvalue weighted by Gasteiger charge is 2.40. The fourth-order valence-electron chi connectivity index (χ4n) is 5.24. The van der Waals surface area contributed by atoms with Crippen LogP contribution in [0.4, 0.5) is 13.6 Å². The third kappa shape index (κ3) is 4.18. The van der Waals surface area contributed by atoms with Gasteiger partial charge in [-0.3, -0.25) is 15.1 Å². The summed E-state index contributed by atoms with van der Waals surface area (Å²) in [7, 11) is 0. The number of fused-ring (bicyclic) bond motifs is 1. The van der Waals surface area contributed by atoms with Gasteiger partial charge in [0, 0.05) is 37.8 Å². The fourth-order valence-corrected chi connectivity index (χ4v) is 5.24. The Labute approximate surface area is 181 Å². The number of urea groups is 1. The van der Waals surface area contributed by atoms with Gasteiger partial charge in [-0.1, -0.05) is 19.1 Å². The van der Waals surface area contributed by atoms with Crippen LogP contribution in [0.15, 0.2) is 41.3 Å². The monoisotopic (exact) mass is 429 g/mol. The first-order chi connectivity index (χ1) is 15.0. The highest BCUT2D eigenvalue weighted by molar-refractivity contribution is 6.02. The number of hydrogen-bond donors (Lipinski definition) is 1. The number of halogens is 2. The number of likely N-dealkylation sites (tertiary alicyclic amines) is 1. The van der Waals surface area contributed by atoms with Gasteiger partial charge in [0.1, 0.15) is 24.5 Å². The van der Waals surface area contributed by atoms with E-state index in [-0.39, 0.29) is 23.8 Å². The van der Waals surface area contributed by atoms with Crippen molar-refractivity contribution in [2.24, 2.45) is 16.8 Å². The summed E-state index contributed by atoms with van der Waals surface area (Å²) in [5.74, 6) is 1.69. The SMILES string of the molecule is CC1CN(Cc2ccc(F)cc2)CC1C1=NC2=CN(C3CCC(F)CC3)CN2C(=O)N1. The molecule has 166 valence electrons. The average Bonchev–Trinajstić information content (AvgIpc) is 3.34. The number of nitrogens with zero attached hydrogens (tertiary/aromatic N) is 4. The van der Waals surface area contributed by atoms with E-state index in [1.54, 1.807) is 4.90 Å². The molecule has 5 rings (SSSR count). The maximum atomic E-state index is 13.5. The second kappa shape index (κ2) is 8.22. The predicted octanol–water partition coefficient (Wildman–Crippen LogP) is 3.67. The van der Waals surface area contributed by atoms with Gasteiger partial charge in [-0.25, -0.2) is 18.6 Å². The van der Waals surface area contributed by atoms with Gasteiger partial charge in [-0.05, 0) is 49.3 Å². The van der Waals surface area contributed by atoms with E-state index in [4.69, 9.17) is 4.99 Å². The van der Waals surface area contributed by atoms with Crippen molar-refractivity contribution in [3.05, 3.63) is 47.7 Å². The number of carbonyl (C=O) groups excluding carboxylic acids is 1. The first kappa shape index (κ1) is 20.4. The van der Waals surface area contributed by atoms with Crippen LogP contribution in [0.3, 0.4) is 0 Å². The minimum absolute atomic E-state index is 0.137. The summed E-state index contributed by atoms with van der Waals surface area (Å²) in [5, 5.41) is 3.02. The number of amides is 2. The molecule has 1 saturated heterocycles. The van der Waals surface area contributed by atoms with Crippen molar-refractivity contribution < 1.29 is 13.6 Å². The number of aliphatic imine (C=N–C) groups is 1. The molecule has 0 aromatic heterocycles. The van der Waals surface area contributed by atoms with Crippen molar-refractivity contribution in [3.63, 3.8) is 0 Å². The summed E-state index contributed by atoms with van der Waals surface area (Å²) < 4.78 is 26.7. The van der Waals surface area contributed by atoms with Crippen molar-refractivity contribution in [3.8, 4) is 0 Å². The first-order valence-corrected chi connectivity index (χ1v) is 11.2. The molecule has 0 bridgehead atoms. The summed E-state index contributed by atoms with van der Waals surface area (Å²) in [4.78, 5) is 23.8. The molecule has 0 spiro atoms. The highest BCUT2D eigenvalue weighted by atomic mass is 19.1. The van der Waals surface area contributed by atoms with Crippen LogP contribution in [0.2, 0.25) is 0 Å². The van der Waals surface area contributed by atoms with Gasteiger partial charge in [0.15, 0.2) is 5.82 Å². The van der Waals surface area contributed by atoms with E-state index in [0.717, 1.165) is 43.9 Å². The molecule has 3 aliphatic heterocycles. The van der Waals surface area contributed by atoms with Crippen molar-refractivity contribution >= 4 is 11.9 Å². The molecule has 2 unspecified atom stereocenters. The molecule has 1 aliphatic carbocycles. The Kier molecular flexibility index (Phi) is 5.42. The molecule has 6 nitrogen and oxygen atoms in total. The lowest BCUT2D eigenvalue weighted by Crippen LogP contribution is -2.50. The molecule has 0 radical (unpaired) electrons. The Morgan fingerprint density at radius 1 is 1.13 bits per heavy atom. The van der Waals surface area contributed by atoms with Crippen LogP contribution in [0.5, 0.6) is 0 Å². The minimum atomic E-state index is -0.691. The number of carbonyl (C=O) groups is 1. The number of amidine groups is 1. The van der Waals surface area contributed by atoms with E-state index in [9.17, 15) is 13.6 Å². The molecule has 3 heterocycles. The van der Waals surface area contributed by atoms with Crippen LogP contribution < -0.4 is 5.32 Å². The van der Waals surface area contributed by atoms with Crippen LogP contribution in [-0.4, -0.2) is 58.5 Å². The van der Waals surface area contributed by atoms with Gasteiger partial charge < -0.3 is 4.90 Å². The maximum Gasteiger partial charge on any atom is 0.329 e. The molecule has 1 N–H and O–H groups in total. The van der Waals surface area contributed by atoms with Gasteiger partial charge in [0.05, 0.1) is 0 Å². The lowest BCUT2D eigenvalue weighted by Gasteiger charge is -2.33. The molecule has 1 aromatic carbocycles. The number of hydrogen-bond acceptors (Lipinski definition) is 4. The summed E-state index contributed by atoms with van der Waals surface area (Å²) in [6.45, 7) is 5.12. The van der Waals surface area contributed by atoms with Crippen LogP contribution >= 0.6 is 0 Å². The zero-order valence-electron chi connectivity index (χ0n) is 17.8. The number of rotatable bonds is 4.